The van der Waals surface area contributed by atoms with E-state index in [0.717, 1.165) is 42.8 Å². The van der Waals surface area contributed by atoms with Crippen molar-refractivity contribution in [2.24, 2.45) is 0 Å². The molecule has 0 bridgehead atoms. The number of amides is 1. The zero-order valence-electron chi connectivity index (χ0n) is 16.6. The van der Waals surface area contributed by atoms with Crippen molar-refractivity contribution >= 4 is 35.0 Å². The van der Waals surface area contributed by atoms with E-state index in [1.54, 1.807) is 0 Å². The second-order valence-electron chi connectivity index (χ2n) is 7.35. The van der Waals surface area contributed by atoms with Gasteiger partial charge in [0.2, 0.25) is 5.91 Å². The van der Waals surface area contributed by atoms with Gasteiger partial charge in [-0.15, -0.1) is 12.4 Å². The van der Waals surface area contributed by atoms with Crippen LogP contribution in [0.4, 0.5) is 5.69 Å². The van der Waals surface area contributed by atoms with Crippen LogP contribution in [-0.2, 0) is 17.8 Å². The summed E-state index contributed by atoms with van der Waals surface area (Å²) in [5.41, 5.74) is 4.50. The van der Waals surface area contributed by atoms with Crippen molar-refractivity contribution in [3.05, 3.63) is 59.9 Å². The number of rotatable bonds is 6. The Kier molecular flexibility index (Phi) is 6.40. The number of unbranched alkanes of at least 4 members (excludes halogenated alkanes) is 1. The molecule has 4 nitrogen and oxygen atoms in total. The minimum Gasteiger partial charge on any atom is -0.328 e. The normalized spacial score (nSPS) is 16.6. The highest BCUT2D eigenvalue weighted by Crippen LogP contribution is 2.34. The first-order valence-electron chi connectivity index (χ1n) is 10.1. The summed E-state index contributed by atoms with van der Waals surface area (Å²) in [6, 6.07) is 16.6. The predicted octanol–water partition coefficient (Wildman–Crippen LogP) is 5.34. The summed E-state index contributed by atoms with van der Waals surface area (Å²) < 4.78 is 2.34. The van der Waals surface area contributed by atoms with Crippen molar-refractivity contribution in [2.45, 2.75) is 52.0 Å². The Bertz CT molecular complexity index is 965. The summed E-state index contributed by atoms with van der Waals surface area (Å²) in [5.74, 6) is 1.41. The van der Waals surface area contributed by atoms with Crippen molar-refractivity contribution in [2.75, 3.05) is 11.4 Å². The third-order valence-electron chi connectivity index (χ3n) is 5.57. The van der Waals surface area contributed by atoms with Gasteiger partial charge in [-0.3, -0.25) is 4.79 Å². The standard InChI is InChI=1S/C23H27N3O.ClH/c1-3-5-14-25-21-13-9-7-11-19(21)24-23(25)18-15-22(27)26(16-18)20-12-8-6-10-17(20)4-2;/h6-13,18H,3-5,14-16H2,1-2H3;1H. The first kappa shape index (κ1) is 20.4. The topological polar surface area (TPSA) is 38.1 Å². The van der Waals surface area contributed by atoms with Crippen LogP contribution in [0.5, 0.6) is 0 Å². The number of halogens is 1. The van der Waals surface area contributed by atoms with Crippen molar-refractivity contribution in [3.8, 4) is 0 Å². The van der Waals surface area contributed by atoms with Crippen LogP contribution in [-0.4, -0.2) is 22.0 Å². The van der Waals surface area contributed by atoms with Crippen molar-refractivity contribution in [1.82, 2.24) is 9.55 Å². The lowest BCUT2D eigenvalue weighted by Crippen LogP contribution is -2.25. The molecular weight excluding hydrogens is 370 g/mol. The van der Waals surface area contributed by atoms with Gasteiger partial charge in [-0.1, -0.05) is 50.6 Å². The Morgan fingerprint density at radius 1 is 1.07 bits per heavy atom. The number of carbonyl (C=O) groups is 1. The van der Waals surface area contributed by atoms with Crippen molar-refractivity contribution in [3.63, 3.8) is 0 Å². The number of aryl methyl sites for hydroxylation is 2. The highest BCUT2D eigenvalue weighted by atomic mass is 35.5. The number of benzene rings is 2. The smallest absolute Gasteiger partial charge is 0.227 e. The fourth-order valence-electron chi connectivity index (χ4n) is 4.14. The monoisotopic (exact) mass is 397 g/mol. The quantitative estimate of drug-likeness (QED) is 0.563. The van der Waals surface area contributed by atoms with Gasteiger partial charge in [0.25, 0.3) is 0 Å². The largest absolute Gasteiger partial charge is 0.328 e. The van der Waals surface area contributed by atoms with Crippen molar-refractivity contribution < 1.29 is 4.79 Å². The number of imidazole rings is 1. The van der Waals surface area contributed by atoms with Gasteiger partial charge in [0.15, 0.2) is 0 Å². The summed E-state index contributed by atoms with van der Waals surface area (Å²) >= 11 is 0. The molecule has 1 amide bonds. The summed E-state index contributed by atoms with van der Waals surface area (Å²) in [6.07, 6.45) is 3.73. The Morgan fingerprint density at radius 3 is 2.61 bits per heavy atom. The number of anilines is 1. The molecule has 1 fully saturated rings. The number of aromatic nitrogens is 2. The molecule has 0 N–H and O–H groups in total. The molecule has 4 rings (SSSR count). The number of hydrogen-bond donors (Lipinski definition) is 0. The minimum atomic E-state index is 0. The molecule has 5 heteroatoms. The first-order chi connectivity index (χ1) is 13.2. The van der Waals surface area contributed by atoms with E-state index in [4.69, 9.17) is 4.98 Å². The molecule has 0 radical (unpaired) electrons. The number of fused-ring (bicyclic) bond motifs is 1. The van der Waals surface area contributed by atoms with Gasteiger partial charge in [0.05, 0.1) is 11.0 Å². The average Bonchev–Trinajstić information content (AvgIpc) is 3.26. The van der Waals surface area contributed by atoms with Crippen LogP contribution in [0.25, 0.3) is 11.0 Å². The summed E-state index contributed by atoms with van der Waals surface area (Å²) in [6.45, 7) is 6.02. The summed E-state index contributed by atoms with van der Waals surface area (Å²) in [7, 11) is 0. The van der Waals surface area contributed by atoms with Gasteiger partial charge in [-0.2, -0.15) is 0 Å². The second-order valence-corrected chi connectivity index (χ2v) is 7.35. The number of carbonyl (C=O) groups excluding carboxylic acids is 1. The third-order valence-corrected chi connectivity index (χ3v) is 5.57. The van der Waals surface area contributed by atoms with E-state index in [1.165, 1.54) is 11.1 Å². The molecule has 1 aliphatic heterocycles. The van der Waals surface area contributed by atoms with Crippen LogP contribution in [0.2, 0.25) is 0 Å². The minimum absolute atomic E-state index is 0. The number of hydrogen-bond acceptors (Lipinski definition) is 2. The average molecular weight is 398 g/mol. The van der Waals surface area contributed by atoms with E-state index < -0.39 is 0 Å². The molecule has 1 atom stereocenters. The molecule has 1 unspecified atom stereocenters. The highest BCUT2D eigenvalue weighted by Gasteiger charge is 2.35. The van der Waals surface area contributed by atoms with E-state index >= 15 is 0 Å². The fraction of sp³-hybridized carbons (Fsp3) is 0.391. The molecule has 3 aromatic rings. The Morgan fingerprint density at radius 2 is 1.82 bits per heavy atom. The van der Waals surface area contributed by atoms with Gasteiger partial charge >= 0.3 is 0 Å². The van der Waals surface area contributed by atoms with Gasteiger partial charge in [0, 0.05) is 31.1 Å². The van der Waals surface area contributed by atoms with Gasteiger partial charge in [-0.25, -0.2) is 4.98 Å². The van der Waals surface area contributed by atoms with Crippen LogP contribution < -0.4 is 4.90 Å². The van der Waals surface area contributed by atoms with Crippen LogP contribution in [0, 0.1) is 0 Å². The predicted molar refractivity (Wildman–Crippen MR) is 117 cm³/mol. The zero-order valence-corrected chi connectivity index (χ0v) is 17.4. The van der Waals surface area contributed by atoms with E-state index in [0.29, 0.717) is 13.0 Å². The second kappa shape index (κ2) is 8.78. The van der Waals surface area contributed by atoms with E-state index in [1.807, 2.05) is 23.1 Å². The zero-order chi connectivity index (χ0) is 18.8. The summed E-state index contributed by atoms with van der Waals surface area (Å²) in [5, 5.41) is 0. The van der Waals surface area contributed by atoms with Crippen LogP contribution in [0.15, 0.2) is 48.5 Å². The van der Waals surface area contributed by atoms with E-state index in [9.17, 15) is 4.79 Å². The van der Waals surface area contributed by atoms with Gasteiger partial charge < -0.3 is 9.47 Å². The maximum Gasteiger partial charge on any atom is 0.227 e. The molecule has 28 heavy (non-hydrogen) atoms. The van der Waals surface area contributed by atoms with Crippen LogP contribution in [0.1, 0.15) is 50.4 Å². The summed E-state index contributed by atoms with van der Waals surface area (Å²) in [4.78, 5) is 19.8. The molecular formula is C23H28ClN3O. The van der Waals surface area contributed by atoms with Gasteiger partial charge in [0.1, 0.15) is 5.82 Å². The Hall–Kier alpha value is -2.33. The van der Waals surface area contributed by atoms with E-state index in [2.05, 4.69) is 48.7 Å². The van der Waals surface area contributed by atoms with Crippen LogP contribution >= 0.6 is 12.4 Å². The SMILES string of the molecule is CCCCn1c(C2CC(=O)N(c3ccccc3CC)C2)nc2ccccc21.Cl. The van der Waals surface area contributed by atoms with Crippen molar-refractivity contribution in [1.29, 1.82) is 0 Å². The first-order valence-corrected chi connectivity index (χ1v) is 10.1. The molecule has 0 saturated carbocycles. The van der Waals surface area contributed by atoms with Gasteiger partial charge in [-0.05, 0) is 36.6 Å². The molecule has 1 aliphatic rings. The highest BCUT2D eigenvalue weighted by molar-refractivity contribution is 5.97. The molecule has 2 heterocycles. The fourth-order valence-corrected chi connectivity index (χ4v) is 4.14. The molecule has 1 saturated heterocycles. The number of nitrogens with zero attached hydrogens (tertiary/aromatic N) is 3. The lowest BCUT2D eigenvalue weighted by Gasteiger charge is -2.20. The van der Waals surface area contributed by atoms with E-state index in [-0.39, 0.29) is 24.2 Å². The molecule has 1 aromatic heterocycles. The lowest BCUT2D eigenvalue weighted by atomic mass is 10.1. The molecule has 0 spiro atoms. The maximum absolute atomic E-state index is 12.9. The Labute approximate surface area is 173 Å². The molecule has 2 aromatic carbocycles. The lowest BCUT2D eigenvalue weighted by molar-refractivity contribution is -0.117. The molecule has 0 aliphatic carbocycles. The molecule has 148 valence electrons. The van der Waals surface area contributed by atoms with Crippen LogP contribution in [0.3, 0.4) is 0 Å². The number of para-hydroxylation sites is 3. The third kappa shape index (κ3) is 3.66. The Balaban J connectivity index is 0.00000225. The maximum atomic E-state index is 12.9.